The van der Waals surface area contributed by atoms with Crippen LogP contribution in [-0.2, 0) is 27.3 Å². The van der Waals surface area contributed by atoms with Gasteiger partial charge in [-0.1, -0.05) is 50.9 Å². The molecule has 1 heterocycles. The Bertz CT molecular complexity index is 1050. The van der Waals surface area contributed by atoms with Crippen molar-refractivity contribution in [2.75, 3.05) is 118 Å². The highest BCUT2D eigenvalue weighted by atomic mass is 35.5. The monoisotopic (exact) mass is 696 g/mol. The van der Waals surface area contributed by atoms with Crippen LogP contribution in [-0.4, -0.2) is 138 Å². The molecule has 0 aromatic heterocycles. The van der Waals surface area contributed by atoms with Crippen LogP contribution < -0.4 is 9.47 Å². The lowest BCUT2D eigenvalue weighted by molar-refractivity contribution is 0.00485. The maximum Gasteiger partial charge on any atom is 0.124 e. The number of nitrogens with zero attached hydrogens (tertiary/aromatic N) is 4. The predicted octanol–water partition coefficient (Wildman–Crippen LogP) is 5.80. The van der Waals surface area contributed by atoms with E-state index >= 15 is 0 Å². The van der Waals surface area contributed by atoms with Crippen LogP contribution in [0.25, 0.3) is 0 Å². The lowest BCUT2D eigenvalue weighted by Crippen LogP contribution is -2.41. The molecule has 0 radical (unpaired) electrons. The van der Waals surface area contributed by atoms with Gasteiger partial charge in [-0.05, 0) is 62.6 Å². The second-order valence-corrected chi connectivity index (χ2v) is 12.5. The van der Waals surface area contributed by atoms with Crippen LogP contribution in [0.3, 0.4) is 0 Å². The smallest absolute Gasteiger partial charge is 0.124 e. The zero-order valence-corrected chi connectivity index (χ0v) is 30.7. The number of ether oxygens (including phenoxy) is 5. The van der Waals surface area contributed by atoms with Gasteiger partial charge in [0.2, 0.25) is 0 Å². The number of likely N-dealkylation sites (N-methyl/N-ethyl adjacent to an activating group) is 4. The van der Waals surface area contributed by atoms with Gasteiger partial charge in [-0.3, -0.25) is 9.80 Å². The predicted molar refractivity (Wildman–Crippen MR) is 192 cm³/mol. The Hall–Kier alpha value is -1.66. The highest BCUT2D eigenvalue weighted by Gasteiger charge is 2.15. The number of halogens is 2. The molecule has 1 aliphatic rings. The molecule has 2 aromatic carbocycles. The van der Waals surface area contributed by atoms with Gasteiger partial charge in [0.1, 0.15) is 24.7 Å². The van der Waals surface area contributed by atoms with Gasteiger partial charge < -0.3 is 33.5 Å². The van der Waals surface area contributed by atoms with E-state index in [0.717, 1.165) is 111 Å². The summed E-state index contributed by atoms with van der Waals surface area (Å²) in [6, 6.07) is 11.7. The summed E-state index contributed by atoms with van der Waals surface area (Å²) in [5.41, 5.74) is 2.20. The molecule has 266 valence electrons. The third kappa shape index (κ3) is 15.6. The third-order valence-electron chi connectivity index (χ3n) is 8.53. The van der Waals surface area contributed by atoms with Crippen molar-refractivity contribution in [3.8, 4) is 11.5 Å². The SMILES string of the molecule is CCN1CCN(CC)CCN(CC)Cc2cc(Cl)ccc2OCCOCCOCCOCCOc2ccc(Cl)cc2CN(CC)CC1. The summed E-state index contributed by atoms with van der Waals surface area (Å²) in [6.07, 6.45) is 0. The van der Waals surface area contributed by atoms with Crippen molar-refractivity contribution in [1.82, 2.24) is 19.6 Å². The molecule has 1 aliphatic heterocycles. The molecule has 0 saturated carbocycles. The van der Waals surface area contributed by atoms with E-state index in [1.165, 1.54) is 0 Å². The van der Waals surface area contributed by atoms with E-state index in [9.17, 15) is 0 Å². The van der Waals surface area contributed by atoms with E-state index in [-0.39, 0.29) is 0 Å². The Morgan fingerprint density at radius 2 is 0.787 bits per heavy atom. The van der Waals surface area contributed by atoms with Gasteiger partial charge >= 0.3 is 0 Å². The molecule has 0 N–H and O–H groups in total. The van der Waals surface area contributed by atoms with Crippen molar-refractivity contribution in [1.29, 1.82) is 0 Å². The van der Waals surface area contributed by atoms with E-state index in [0.29, 0.717) is 52.9 Å². The largest absolute Gasteiger partial charge is 0.491 e. The molecule has 0 fully saturated rings. The van der Waals surface area contributed by atoms with Gasteiger partial charge in [0.25, 0.3) is 0 Å². The summed E-state index contributed by atoms with van der Waals surface area (Å²) in [6.45, 7) is 24.4. The quantitative estimate of drug-likeness (QED) is 0.395. The standard InChI is InChI=1S/C36H58Cl2N4O5/c1-5-39-13-14-40(6-2)16-18-42(8-4)30-32-28-34(38)10-12-36(32)47-26-24-45-22-20-43-19-21-44-23-25-46-35-11-9-33(37)27-31(35)29-41(7-3)17-15-39/h9-12,27-28H,5-8,13-26,29-30H2,1-4H3. The van der Waals surface area contributed by atoms with Crippen molar-refractivity contribution in [2.45, 2.75) is 40.8 Å². The number of benzene rings is 2. The first-order valence-electron chi connectivity index (χ1n) is 17.4. The van der Waals surface area contributed by atoms with Crippen molar-refractivity contribution in [3.05, 3.63) is 57.6 Å². The summed E-state index contributed by atoms with van der Waals surface area (Å²) in [7, 11) is 0. The molecule has 0 unspecified atom stereocenters. The number of hydrogen-bond donors (Lipinski definition) is 0. The van der Waals surface area contributed by atoms with Crippen molar-refractivity contribution in [3.63, 3.8) is 0 Å². The number of rotatable bonds is 4. The fourth-order valence-corrected chi connectivity index (χ4v) is 5.86. The lowest BCUT2D eigenvalue weighted by Gasteiger charge is -2.30. The van der Waals surface area contributed by atoms with E-state index in [1.807, 2.05) is 36.4 Å². The molecule has 0 amide bonds. The zero-order valence-electron chi connectivity index (χ0n) is 29.2. The Labute approximate surface area is 293 Å². The molecule has 2 aromatic rings. The van der Waals surface area contributed by atoms with E-state index in [2.05, 4.69) is 47.3 Å². The van der Waals surface area contributed by atoms with Crippen LogP contribution in [0.4, 0.5) is 0 Å². The van der Waals surface area contributed by atoms with Crippen LogP contribution >= 0.6 is 23.2 Å². The third-order valence-corrected chi connectivity index (χ3v) is 9.00. The van der Waals surface area contributed by atoms with E-state index in [1.54, 1.807) is 0 Å². The van der Waals surface area contributed by atoms with Crippen LogP contribution in [0.5, 0.6) is 11.5 Å². The van der Waals surface area contributed by atoms with Crippen LogP contribution in [0, 0.1) is 0 Å². The van der Waals surface area contributed by atoms with Gasteiger partial charge in [0.05, 0.1) is 39.6 Å². The number of fused-ring (bicyclic) bond motifs is 2. The molecular weight excluding hydrogens is 639 g/mol. The molecule has 0 aliphatic carbocycles. The fourth-order valence-electron chi connectivity index (χ4n) is 5.47. The minimum absolute atomic E-state index is 0.465. The topological polar surface area (TPSA) is 59.1 Å². The molecule has 0 atom stereocenters. The van der Waals surface area contributed by atoms with E-state index in [4.69, 9.17) is 46.9 Å². The average Bonchev–Trinajstić information content (AvgIpc) is 3.07. The highest BCUT2D eigenvalue weighted by Crippen LogP contribution is 2.26. The van der Waals surface area contributed by atoms with E-state index < -0.39 is 0 Å². The maximum absolute atomic E-state index is 6.40. The normalized spacial score (nSPS) is 19.7. The second-order valence-electron chi connectivity index (χ2n) is 11.6. The van der Waals surface area contributed by atoms with Gasteiger partial charge in [0, 0.05) is 73.5 Å². The molecule has 3 rings (SSSR count). The van der Waals surface area contributed by atoms with Gasteiger partial charge in [-0.15, -0.1) is 0 Å². The summed E-state index contributed by atoms with van der Waals surface area (Å²) in [5, 5.41) is 1.44. The van der Waals surface area contributed by atoms with Crippen LogP contribution in [0.1, 0.15) is 38.8 Å². The van der Waals surface area contributed by atoms with Crippen molar-refractivity contribution >= 4 is 23.2 Å². The van der Waals surface area contributed by atoms with Gasteiger partial charge in [-0.25, -0.2) is 0 Å². The molecule has 11 heteroatoms. The number of hydrogen-bond acceptors (Lipinski definition) is 9. The molecule has 9 nitrogen and oxygen atoms in total. The second kappa shape index (κ2) is 23.7. The summed E-state index contributed by atoms with van der Waals surface area (Å²) in [5.74, 6) is 1.71. The van der Waals surface area contributed by atoms with Crippen LogP contribution in [0.2, 0.25) is 10.0 Å². The Kier molecular flexibility index (Phi) is 20.0. The van der Waals surface area contributed by atoms with Gasteiger partial charge in [-0.2, -0.15) is 0 Å². The minimum atomic E-state index is 0.465. The Morgan fingerprint density at radius 1 is 0.468 bits per heavy atom. The molecule has 0 saturated heterocycles. The van der Waals surface area contributed by atoms with Crippen molar-refractivity contribution in [2.24, 2.45) is 0 Å². The summed E-state index contributed by atoms with van der Waals surface area (Å²) in [4.78, 5) is 10.0. The van der Waals surface area contributed by atoms with Gasteiger partial charge in [0.15, 0.2) is 0 Å². The Morgan fingerprint density at radius 3 is 1.13 bits per heavy atom. The molecule has 0 bridgehead atoms. The fraction of sp³-hybridized carbons (Fsp3) is 0.667. The Balaban J connectivity index is 1.64. The average molecular weight is 698 g/mol. The molecule has 47 heavy (non-hydrogen) atoms. The maximum atomic E-state index is 6.40. The first kappa shape index (κ1) is 39.8. The summed E-state index contributed by atoms with van der Waals surface area (Å²) >= 11 is 12.8. The molecule has 0 spiro atoms. The molecular formula is C36H58Cl2N4O5. The zero-order chi connectivity index (χ0) is 33.7. The highest BCUT2D eigenvalue weighted by molar-refractivity contribution is 6.31. The van der Waals surface area contributed by atoms with Crippen molar-refractivity contribution < 1.29 is 23.7 Å². The summed E-state index contributed by atoms with van der Waals surface area (Å²) < 4.78 is 29.4. The first-order valence-corrected chi connectivity index (χ1v) is 18.2. The minimum Gasteiger partial charge on any atom is -0.491 e. The van der Waals surface area contributed by atoms with Crippen LogP contribution in [0.15, 0.2) is 36.4 Å². The lowest BCUT2D eigenvalue weighted by atomic mass is 10.2. The first-order chi connectivity index (χ1) is 22.9.